The van der Waals surface area contributed by atoms with Gasteiger partial charge in [0.2, 0.25) is 0 Å². The fourth-order valence-corrected chi connectivity index (χ4v) is 4.70. The fraction of sp³-hybridized carbons (Fsp3) is 0.391. The van der Waals surface area contributed by atoms with Crippen molar-refractivity contribution in [2.45, 2.75) is 6.42 Å². The first-order valence-electron chi connectivity index (χ1n) is 10.5. The van der Waals surface area contributed by atoms with Gasteiger partial charge in [-0.25, -0.2) is 9.37 Å². The van der Waals surface area contributed by atoms with Crippen LogP contribution in [-0.2, 0) is 4.74 Å². The molecule has 1 fully saturated rings. The molecule has 0 bridgehead atoms. The number of carbonyl (C=O) groups excluding carboxylic acids is 1. The normalized spacial score (nSPS) is 14.0. The topological polar surface area (TPSA) is 64.1 Å². The van der Waals surface area contributed by atoms with Crippen LogP contribution in [0, 0.1) is 5.82 Å². The van der Waals surface area contributed by atoms with Gasteiger partial charge in [0, 0.05) is 31.7 Å². The van der Waals surface area contributed by atoms with Crippen LogP contribution in [-0.4, -0.2) is 69.4 Å². The van der Waals surface area contributed by atoms with E-state index in [1.165, 1.54) is 30.6 Å². The summed E-state index contributed by atoms with van der Waals surface area (Å²) in [7, 11) is 3.09. The van der Waals surface area contributed by atoms with Gasteiger partial charge in [-0.15, -0.1) is 12.4 Å². The second kappa shape index (κ2) is 11.6. The molecule has 1 aliphatic heterocycles. The Bertz CT molecular complexity index is 1090. The van der Waals surface area contributed by atoms with Crippen molar-refractivity contribution in [3.8, 4) is 11.5 Å². The van der Waals surface area contributed by atoms with E-state index in [1.54, 1.807) is 36.3 Å². The lowest BCUT2D eigenvalue weighted by atomic mass is 10.1. The second-order valence-electron chi connectivity index (χ2n) is 7.44. The summed E-state index contributed by atoms with van der Waals surface area (Å²) < 4.78 is 30.5. The zero-order chi connectivity index (χ0) is 22.5. The predicted octanol–water partition coefficient (Wildman–Crippen LogP) is 4.24. The van der Waals surface area contributed by atoms with E-state index in [1.807, 2.05) is 0 Å². The number of carbonyl (C=O) groups is 1. The molecule has 178 valence electrons. The van der Waals surface area contributed by atoms with E-state index < -0.39 is 0 Å². The third-order valence-electron chi connectivity index (χ3n) is 5.41. The number of hydrogen-bond donors (Lipinski definition) is 0. The maximum Gasteiger partial charge on any atom is 0.260 e. The zero-order valence-electron chi connectivity index (χ0n) is 18.6. The van der Waals surface area contributed by atoms with Crippen LogP contribution in [0.25, 0.3) is 10.2 Å². The number of benzene rings is 2. The molecule has 2 heterocycles. The summed E-state index contributed by atoms with van der Waals surface area (Å²) in [5, 5.41) is 0.548. The molecule has 0 N–H and O–H groups in total. The van der Waals surface area contributed by atoms with Crippen LogP contribution < -0.4 is 14.4 Å². The first-order chi connectivity index (χ1) is 15.6. The summed E-state index contributed by atoms with van der Waals surface area (Å²) in [5.41, 5.74) is 1.14. The minimum Gasteiger partial charge on any atom is -0.493 e. The van der Waals surface area contributed by atoms with Crippen molar-refractivity contribution in [2.24, 2.45) is 0 Å². The number of nitrogens with zero attached hydrogens (tertiary/aromatic N) is 3. The van der Waals surface area contributed by atoms with Crippen molar-refractivity contribution < 1.29 is 23.4 Å². The van der Waals surface area contributed by atoms with Crippen molar-refractivity contribution in [2.75, 3.05) is 58.5 Å². The number of methoxy groups -OCH3 is 2. The predicted molar refractivity (Wildman–Crippen MR) is 130 cm³/mol. The lowest BCUT2D eigenvalue weighted by Gasteiger charge is -2.27. The Kier molecular flexibility index (Phi) is 8.85. The van der Waals surface area contributed by atoms with Crippen LogP contribution >= 0.6 is 23.7 Å². The number of hydrogen-bond acceptors (Lipinski definition) is 7. The molecule has 0 aliphatic carbocycles. The summed E-state index contributed by atoms with van der Waals surface area (Å²) in [5.74, 6) is 0.529. The number of anilines is 1. The molecule has 0 atom stereocenters. The molecular formula is C23H27ClFN3O4S. The molecule has 10 heteroatoms. The highest BCUT2D eigenvalue weighted by molar-refractivity contribution is 7.22. The van der Waals surface area contributed by atoms with Crippen LogP contribution in [0.4, 0.5) is 9.52 Å². The summed E-state index contributed by atoms with van der Waals surface area (Å²) in [6, 6.07) is 9.56. The molecule has 33 heavy (non-hydrogen) atoms. The molecule has 7 nitrogen and oxygen atoms in total. The molecule has 2 aromatic carbocycles. The Balaban J connectivity index is 0.00000306. The standard InChI is InChI=1S/C23H26FN3O4S.ClH/c1-29-19-7-4-16(14-20(19)30-2)22(28)27(9-3-8-26-10-12-31-13-11-26)23-25-18-6-5-17(24)15-21(18)32-23;/h4-7,14-15H,3,8-13H2,1-2H3;1H. The number of ether oxygens (including phenoxy) is 3. The van der Waals surface area contributed by atoms with Gasteiger partial charge < -0.3 is 14.2 Å². The molecule has 3 aromatic rings. The van der Waals surface area contributed by atoms with Gasteiger partial charge in [0.25, 0.3) is 5.91 Å². The average Bonchev–Trinajstić information content (AvgIpc) is 3.24. The summed E-state index contributed by atoms with van der Waals surface area (Å²) >= 11 is 1.31. The number of rotatable bonds is 8. The third kappa shape index (κ3) is 5.92. The molecule has 1 aliphatic rings. The van der Waals surface area contributed by atoms with E-state index in [2.05, 4.69) is 9.88 Å². The van der Waals surface area contributed by atoms with Gasteiger partial charge >= 0.3 is 0 Å². The number of halogens is 2. The van der Waals surface area contributed by atoms with Crippen LogP contribution in [0.5, 0.6) is 11.5 Å². The quantitative estimate of drug-likeness (QED) is 0.465. The van der Waals surface area contributed by atoms with E-state index in [0.717, 1.165) is 39.3 Å². The summed E-state index contributed by atoms with van der Waals surface area (Å²) in [6.07, 6.45) is 0.781. The van der Waals surface area contributed by atoms with Gasteiger partial charge in [-0.1, -0.05) is 11.3 Å². The van der Waals surface area contributed by atoms with Gasteiger partial charge in [0.1, 0.15) is 5.82 Å². The Morgan fingerprint density at radius 1 is 1.15 bits per heavy atom. The lowest BCUT2D eigenvalue weighted by molar-refractivity contribution is 0.0376. The maximum absolute atomic E-state index is 13.7. The van der Waals surface area contributed by atoms with Crippen molar-refractivity contribution in [3.63, 3.8) is 0 Å². The van der Waals surface area contributed by atoms with Gasteiger partial charge in [-0.3, -0.25) is 14.6 Å². The van der Waals surface area contributed by atoms with Gasteiger partial charge in [0.05, 0.1) is 37.6 Å². The number of aromatic nitrogens is 1. The first-order valence-corrected chi connectivity index (χ1v) is 11.3. The highest BCUT2D eigenvalue weighted by Gasteiger charge is 2.23. The first kappa shape index (κ1) is 25.2. The minimum atomic E-state index is -0.321. The van der Waals surface area contributed by atoms with E-state index in [0.29, 0.717) is 39.0 Å². The van der Waals surface area contributed by atoms with Crippen molar-refractivity contribution in [1.29, 1.82) is 0 Å². The summed E-state index contributed by atoms with van der Waals surface area (Å²) in [4.78, 5) is 22.1. The Morgan fingerprint density at radius 2 is 1.91 bits per heavy atom. The Morgan fingerprint density at radius 3 is 2.64 bits per heavy atom. The molecule has 0 unspecified atom stereocenters. The SMILES string of the molecule is COc1ccc(C(=O)N(CCCN2CCOCC2)c2nc3ccc(F)cc3s2)cc1OC.Cl. The molecular weight excluding hydrogens is 469 g/mol. The summed E-state index contributed by atoms with van der Waals surface area (Å²) in [6.45, 7) is 4.61. The molecule has 1 amide bonds. The fourth-order valence-electron chi connectivity index (χ4n) is 3.69. The number of fused-ring (bicyclic) bond motifs is 1. The minimum absolute atomic E-state index is 0. The largest absolute Gasteiger partial charge is 0.493 e. The van der Waals surface area contributed by atoms with Gasteiger partial charge in [-0.2, -0.15) is 0 Å². The van der Waals surface area contributed by atoms with E-state index in [-0.39, 0.29) is 24.1 Å². The lowest BCUT2D eigenvalue weighted by Crippen LogP contribution is -2.39. The zero-order valence-corrected chi connectivity index (χ0v) is 20.2. The van der Waals surface area contributed by atoms with Crippen LogP contribution in [0.2, 0.25) is 0 Å². The van der Waals surface area contributed by atoms with Gasteiger partial charge in [0.15, 0.2) is 16.6 Å². The number of amides is 1. The maximum atomic E-state index is 13.7. The van der Waals surface area contributed by atoms with E-state index >= 15 is 0 Å². The Labute approximate surface area is 202 Å². The highest BCUT2D eigenvalue weighted by atomic mass is 35.5. The van der Waals surface area contributed by atoms with Crippen LogP contribution in [0.1, 0.15) is 16.8 Å². The number of morpholine rings is 1. The van der Waals surface area contributed by atoms with Crippen LogP contribution in [0.15, 0.2) is 36.4 Å². The molecule has 0 saturated carbocycles. The van der Waals surface area contributed by atoms with Crippen molar-refractivity contribution in [3.05, 3.63) is 47.8 Å². The molecule has 0 radical (unpaired) electrons. The third-order valence-corrected chi connectivity index (χ3v) is 6.45. The van der Waals surface area contributed by atoms with E-state index in [4.69, 9.17) is 14.2 Å². The molecule has 1 aromatic heterocycles. The average molecular weight is 496 g/mol. The Hall–Kier alpha value is -2.46. The molecule has 4 rings (SSSR count). The van der Waals surface area contributed by atoms with Crippen molar-refractivity contribution in [1.82, 2.24) is 9.88 Å². The van der Waals surface area contributed by atoms with Crippen molar-refractivity contribution >= 4 is 45.0 Å². The second-order valence-corrected chi connectivity index (χ2v) is 8.45. The van der Waals surface area contributed by atoms with E-state index in [9.17, 15) is 9.18 Å². The van der Waals surface area contributed by atoms with Crippen LogP contribution in [0.3, 0.4) is 0 Å². The monoisotopic (exact) mass is 495 g/mol. The molecule has 0 spiro atoms. The smallest absolute Gasteiger partial charge is 0.260 e. The molecule has 1 saturated heterocycles. The highest BCUT2D eigenvalue weighted by Crippen LogP contribution is 2.32. The number of thiazole rings is 1. The van der Waals surface area contributed by atoms with Gasteiger partial charge in [-0.05, 0) is 42.8 Å².